The van der Waals surface area contributed by atoms with Crippen molar-refractivity contribution in [3.8, 4) is 11.8 Å². The summed E-state index contributed by atoms with van der Waals surface area (Å²) in [4.78, 5) is 0. The van der Waals surface area contributed by atoms with E-state index in [0.717, 1.165) is 17.2 Å². The molecule has 0 aliphatic rings. The second-order valence-corrected chi connectivity index (χ2v) is 5.10. The van der Waals surface area contributed by atoms with E-state index < -0.39 is 0 Å². The Balaban J connectivity index is 2.64. The van der Waals surface area contributed by atoms with Gasteiger partial charge >= 0.3 is 0 Å². The molecule has 1 nitrogen and oxygen atoms in total. The Morgan fingerprint density at radius 3 is 2.75 bits per heavy atom. The lowest BCUT2D eigenvalue weighted by Crippen LogP contribution is -1.95. The first-order valence-electron chi connectivity index (χ1n) is 5.58. The van der Waals surface area contributed by atoms with E-state index in [2.05, 4.69) is 43.9 Å². The Morgan fingerprint density at radius 1 is 1.31 bits per heavy atom. The molecule has 0 spiro atoms. The largest absolute Gasteiger partial charge is 0.320 e. The van der Waals surface area contributed by atoms with Crippen LogP contribution in [0.5, 0.6) is 0 Å². The molecule has 0 aliphatic carbocycles. The summed E-state index contributed by atoms with van der Waals surface area (Å²) in [6.07, 6.45) is 0. The quantitative estimate of drug-likeness (QED) is 0.809. The van der Waals surface area contributed by atoms with Crippen molar-refractivity contribution in [3.05, 3.63) is 35.4 Å². The predicted octanol–water partition coefficient (Wildman–Crippen LogP) is 2.89. The predicted molar refractivity (Wildman–Crippen MR) is 73.4 cm³/mol. The molecule has 0 unspecified atom stereocenters. The fourth-order valence-corrected chi connectivity index (χ4v) is 2.38. The van der Waals surface area contributed by atoms with Crippen LogP contribution < -0.4 is 5.73 Å². The highest BCUT2D eigenvalue weighted by Crippen LogP contribution is 2.18. The van der Waals surface area contributed by atoms with E-state index in [1.165, 1.54) is 11.3 Å². The van der Waals surface area contributed by atoms with Crippen LogP contribution in [0.4, 0.5) is 0 Å². The summed E-state index contributed by atoms with van der Waals surface area (Å²) in [6.45, 7) is 4.91. The zero-order chi connectivity index (χ0) is 11.8. The fourth-order valence-electron chi connectivity index (χ4n) is 1.32. The summed E-state index contributed by atoms with van der Waals surface area (Å²) >= 11 is 1.96. The van der Waals surface area contributed by atoms with E-state index in [0.29, 0.717) is 6.54 Å². The summed E-state index contributed by atoms with van der Waals surface area (Å²) in [5.41, 5.74) is 7.82. The van der Waals surface area contributed by atoms with Crippen LogP contribution in [-0.4, -0.2) is 12.3 Å². The van der Waals surface area contributed by atoms with Crippen molar-refractivity contribution in [2.75, 3.05) is 12.3 Å². The van der Waals surface area contributed by atoms with Crippen molar-refractivity contribution in [1.82, 2.24) is 0 Å². The van der Waals surface area contributed by atoms with Gasteiger partial charge in [-0.25, -0.2) is 0 Å². The summed E-state index contributed by atoms with van der Waals surface area (Å²) < 4.78 is 0. The van der Waals surface area contributed by atoms with Gasteiger partial charge in [-0.3, -0.25) is 0 Å². The lowest BCUT2D eigenvalue weighted by molar-refractivity contribution is 0.750. The maximum Gasteiger partial charge on any atom is 0.0555 e. The number of benzene rings is 1. The number of thioether (sulfide) groups is 1. The first-order chi connectivity index (χ1) is 7.74. The van der Waals surface area contributed by atoms with Gasteiger partial charge in [-0.15, -0.1) is 0 Å². The minimum absolute atomic E-state index is 0.424. The van der Waals surface area contributed by atoms with Crippen molar-refractivity contribution in [2.24, 2.45) is 11.7 Å². The van der Waals surface area contributed by atoms with Gasteiger partial charge in [-0.2, -0.15) is 11.8 Å². The van der Waals surface area contributed by atoms with E-state index >= 15 is 0 Å². The van der Waals surface area contributed by atoms with Crippen molar-refractivity contribution >= 4 is 11.8 Å². The first-order valence-corrected chi connectivity index (χ1v) is 6.74. The highest BCUT2D eigenvalue weighted by Gasteiger charge is 2.00. The van der Waals surface area contributed by atoms with Gasteiger partial charge < -0.3 is 5.73 Å². The Hall–Kier alpha value is -0.910. The third-order valence-electron chi connectivity index (χ3n) is 2.05. The number of hydrogen-bond donors (Lipinski definition) is 1. The highest BCUT2D eigenvalue weighted by molar-refractivity contribution is 7.98. The van der Waals surface area contributed by atoms with Crippen LogP contribution in [0.3, 0.4) is 0 Å². The monoisotopic (exact) mass is 233 g/mol. The lowest BCUT2D eigenvalue weighted by Gasteiger charge is -2.06. The van der Waals surface area contributed by atoms with Crippen LogP contribution in [0, 0.1) is 17.8 Å². The zero-order valence-corrected chi connectivity index (χ0v) is 10.8. The van der Waals surface area contributed by atoms with Crippen LogP contribution in [-0.2, 0) is 5.75 Å². The average Bonchev–Trinajstić information content (AvgIpc) is 2.27. The summed E-state index contributed by atoms with van der Waals surface area (Å²) in [5, 5.41) is 0. The Labute approximate surface area is 103 Å². The molecule has 0 saturated heterocycles. The van der Waals surface area contributed by atoms with Gasteiger partial charge in [0.25, 0.3) is 0 Å². The van der Waals surface area contributed by atoms with Crippen molar-refractivity contribution < 1.29 is 0 Å². The first kappa shape index (κ1) is 13.2. The molecule has 1 aromatic carbocycles. The van der Waals surface area contributed by atoms with Gasteiger partial charge in [0.2, 0.25) is 0 Å². The minimum Gasteiger partial charge on any atom is -0.320 e. The Kier molecular flexibility index (Phi) is 6.07. The van der Waals surface area contributed by atoms with Gasteiger partial charge in [-0.05, 0) is 23.3 Å². The van der Waals surface area contributed by atoms with Crippen molar-refractivity contribution in [1.29, 1.82) is 0 Å². The van der Waals surface area contributed by atoms with Crippen LogP contribution in [0.1, 0.15) is 25.0 Å². The Morgan fingerprint density at radius 2 is 2.06 bits per heavy atom. The molecule has 0 saturated carbocycles. The molecule has 2 N–H and O–H groups in total. The standard InChI is InChI=1S/C14H19NS/c1-12(2)10-16-11-14-7-4-3-6-13(14)8-5-9-15/h3-4,6-7,12H,9-11,15H2,1-2H3. The summed E-state index contributed by atoms with van der Waals surface area (Å²) in [5.74, 6) is 9.01. The molecule has 0 radical (unpaired) electrons. The number of rotatable bonds is 4. The number of hydrogen-bond acceptors (Lipinski definition) is 2. The third kappa shape index (κ3) is 4.74. The molecule has 0 bridgehead atoms. The van der Waals surface area contributed by atoms with E-state index in [1.54, 1.807) is 0 Å². The average molecular weight is 233 g/mol. The highest BCUT2D eigenvalue weighted by atomic mass is 32.2. The fraction of sp³-hybridized carbons (Fsp3) is 0.429. The zero-order valence-electron chi connectivity index (χ0n) is 9.99. The van der Waals surface area contributed by atoms with Gasteiger partial charge in [0.1, 0.15) is 0 Å². The number of nitrogens with two attached hydrogens (primary N) is 1. The SMILES string of the molecule is CC(C)CSCc1ccccc1C#CCN. The van der Waals surface area contributed by atoms with E-state index in [1.807, 2.05) is 17.8 Å². The molecule has 0 aromatic heterocycles. The van der Waals surface area contributed by atoms with Crippen molar-refractivity contribution in [3.63, 3.8) is 0 Å². The molecule has 1 aromatic rings. The lowest BCUT2D eigenvalue weighted by atomic mass is 10.1. The van der Waals surface area contributed by atoms with Crippen LogP contribution in [0.2, 0.25) is 0 Å². The molecule has 0 amide bonds. The molecule has 0 heterocycles. The van der Waals surface area contributed by atoms with Gasteiger partial charge in [0.15, 0.2) is 0 Å². The van der Waals surface area contributed by atoms with Crippen LogP contribution >= 0.6 is 11.8 Å². The summed E-state index contributed by atoms with van der Waals surface area (Å²) in [7, 11) is 0. The maximum atomic E-state index is 5.39. The van der Waals surface area contributed by atoms with Gasteiger partial charge in [0.05, 0.1) is 6.54 Å². The van der Waals surface area contributed by atoms with E-state index in [-0.39, 0.29) is 0 Å². The van der Waals surface area contributed by atoms with Gasteiger partial charge in [0, 0.05) is 11.3 Å². The maximum absolute atomic E-state index is 5.39. The second-order valence-electron chi connectivity index (χ2n) is 4.07. The molecule has 2 heteroatoms. The van der Waals surface area contributed by atoms with Crippen LogP contribution in [0.15, 0.2) is 24.3 Å². The summed E-state index contributed by atoms with van der Waals surface area (Å²) in [6, 6.07) is 8.30. The normalized spacial score (nSPS) is 10.0. The molecule has 0 aliphatic heterocycles. The van der Waals surface area contributed by atoms with Crippen molar-refractivity contribution in [2.45, 2.75) is 19.6 Å². The molecule has 1 rings (SSSR count). The molecule has 0 atom stereocenters. The minimum atomic E-state index is 0.424. The Bertz CT molecular complexity index is 374. The van der Waals surface area contributed by atoms with Crippen LogP contribution in [0.25, 0.3) is 0 Å². The molecular weight excluding hydrogens is 214 g/mol. The third-order valence-corrected chi connectivity index (χ3v) is 3.47. The molecule has 0 fully saturated rings. The smallest absolute Gasteiger partial charge is 0.0555 e. The van der Waals surface area contributed by atoms with Gasteiger partial charge in [-0.1, -0.05) is 43.9 Å². The molecule has 16 heavy (non-hydrogen) atoms. The van der Waals surface area contributed by atoms with E-state index in [4.69, 9.17) is 5.73 Å². The molecular formula is C14H19NS. The topological polar surface area (TPSA) is 26.0 Å². The second kappa shape index (κ2) is 7.38. The van der Waals surface area contributed by atoms with E-state index in [9.17, 15) is 0 Å². The molecule has 86 valence electrons.